The molecule has 5 heterocycles. The Balaban J connectivity index is 1.24. The van der Waals surface area contributed by atoms with Gasteiger partial charge < -0.3 is 15.6 Å². The van der Waals surface area contributed by atoms with Gasteiger partial charge in [0.1, 0.15) is 12.2 Å². The summed E-state index contributed by atoms with van der Waals surface area (Å²) in [6, 6.07) is 21.4. The van der Waals surface area contributed by atoms with E-state index in [9.17, 15) is 0 Å². The van der Waals surface area contributed by atoms with Crippen molar-refractivity contribution in [1.82, 2.24) is 39.7 Å². The number of benzene rings is 2. The molecule has 1 saturated heterocycles. The maximum Gasteiger partial charge on any atom is 0.293 e. The maximum absolute atomic E-state index is 6.03. The van der Waals surface area contributed by atoms with Crippen molar-refractivity contribution in [1.29, 1.82) is 0 Å². The molecule has 0 bridgehead atoms. The number of nitrogens with two attached hydrogens (primary N) is 1. The number of hydrogen-bond donors (Lipinski definition) is 2. The third kappa shape index (κ3) is 5.16. The van der Waals surface area contributed by atoms with Crippen molar-refractivity contribution >= 4 is 33.9 Å². The van der Waals surface area contributed by atoms with E-state index in [0.717, 1.165) is 49.8 Å². The van der Waals surface area contributed by atoms with Gasteiger partial charge in [0.2, 0.25) is 12.1 Å². The minimum Gasteiger partial charge on any atom is -0.368 e. The first-order chi connectivity index (χ1) is 20.2. The first-order valence-electron chi connectivity index (χ1n) is 13.9. The zero-order valence-corrected chi connectivity index (χ0v) is 23.4. The minimum atomic E-state index is -0.0791. The number of aromatic nitrogens is 7. The van der Waals surface area contributed by atoms with Crippen LogP contribution in [-0.4, -0.2) is 83.4 Å². The molecule has 12 heteroatoms. The molecule has 0 spiro atoms. The molecule has 2 aliphatic rings. The third-order valence-electron chi connectivity index (χ3n) is 7.79. The highest BCUT2D eigenvalue weighted by molar-refractivity contribution is 8.14. The summed E-state index contributed by atoms with van der Waals surface area (Å²) in [6.45, 7) is 5.19. The number of anilines is 1. The number of fused-ring (bicyclic) bond motifs is 1. The zero-order valence-electron chi connectivity index (χ0n) is 22.6. The molecule has 2 unspecified atom stereocenters. The van der Waals surface area contributed by atoms with Crippen LogP contribution in [0.5, 0.6) is 0 Å². The van der Waals surface area contributed by atoms with Gasteiger partial charge in [-0.05, 0) is 11.1 Å². The normalized spacial score (nSPS) is 17.6. The van der Waals surface area contributed by atoms with Gasteiger partial charge >= 0.3 is 0 Å². The van der Waals surface area contributed by atoms with E-state index in [2.05, 4.69) is 96.7 Å². The monoisotopic (exact) mass is 566 g/mol. The van der Waals surface area contributed by atoms with Gasteiger partial charge in [0, 0.05) is 31.9 Å². The summed E-state index contributed by atoms with van der Waals surface area (Å²) in [5.74, 6) is 1.51. The molecule has 0 aliphatic carbocycles. The second-order valence-electron chi connectivity index (χ2n) is 10.3. The predicted octanol–water partition coefficient (Wildman–Crippen LogP) is 2.52. The van der Waals surface area contributed by atoms with E-state index in [1.807, 2.05) is 21.0 Å². The Morgan fingerprint density at radius 3 is 2.37 bits per heavy atom. The average Bonchev–Trinajstić information content (AvgIpc) is 3.82. The Hall–Kier alpha value is -4.29. The van der Waals surface area contributed by atoms with Gasteiger partial charge in [-0.3, -0.25) is 9.89 Å². The van der Waals surface area contributed by atoms with Crippen LogP contribution in [0.3, 0.4) is 0 Å². The first-order valence-corrected chi connectivity index (χ1v) is 14.9. The number of piperazine rings is 1. The van der Waals surface area contributed by atoms with E-state index in [1.165, 1.54) is 16.3 Å². The molecular weight excluding hydrogens is 534 g/mol. The van der Waals surface area contributed by atoms with Gasteiger partial charge in [-0.25, -0.2) is 9.25 Å². The lowest BCUT2D eigenvalue weighted by molar-refractivity contribution is -0.667. The topological polar surface area (TPSA) is 121 Å². The standard InChI is InChI=1S/C29H31N11S/c30-27-24-28(33-19-32-24)39(20-34-27)17-23-18-40(36-35-23)26(22-9-5-2-6-10-22)25(21-7-3-1-4-8-21)37-12-14-38(15-13-37)29-31-11-16-41-29/h1-10,18-20,25-26H,11-17H2,(H2,30,32,33)/p+1. The Labute approximate surface area is 242 Å². The summed E-state index contributed by atoms with van der Waals surface area (Å²) in [5, 5.41) is 10.5. The number of aliphatic imine (C=N–C) groups is 1. The number of amidine groups is 1. The van der Waals surface area contributed by atoms with Crippen molar-refractivity contribution in [2.24, 2.45) is 4.99 Å². The van der Waals surface area contributed by atoms with Crippen LogP contribution >= 0.6 is 11.8 Å². The number of nitrogen functional groups attached to an aromatic ring is 1. The van der Waals surface area contributed by atoms with Crippen LogP contribution in [0.1, 0.15) is 28.9 Å². The van der Waals surface area contributed by atoms with Crippen LogP contribution in [-0.2, 0) is 6.54 Å². The van der Waals surface area contributed by atoms with Crippen LogP contribution in [0.25, 0.3) is 11.2 Å². The summed E-state index contributed by atoms with van der Waals surface area (Å²) in [5.41, 5.74) is 10.7. The summed E-state index contributed by atoms with van der Waals surface area (Å²) in [6.07, 6.45) is 5.38. The fourth-order valence-corrected chi connectivity index (χ4v) is 6.75. The summed E-state index contributed by atoms with van der Waals surface area (Å²) in [7, 11) is 0. The maximum atomic E-state index is 6.03. The summed E-state index contributed by atoms with van der Waals surface area (Å²) >= 11 is 1.88. The molecule has 208 valence electrons. The average molecular weight is 567 g/mol. The number of H-pyrrole nitrogens is 1. The smallest absolute Gasteiger partial charge is 0.293 e. The highest BCUT2D eigenvalue weighted by atomic mass is 32.2. The molecule has 2 aromatic carbocycles. The number of thioether (sulfide) groups is 1. The number of imidazole rings is 1. The molecule has 2 aliphatic heterocycles. The lowest BCUT2D eigenvalue weighted by atomic mass is 9.91. The molecule has 7 rings (SSSR count). The van der Waals surface area contributed by atoms with Crippen LogP contribution in [0.15, 0.2) is 84.5 Å². The van der Waals surface area contributed by atoms with E-state index >= 15 is 0 Å². The predicted molar refractivity (Wildman–Crippen MR) is 159 cm³/mol. The largest absolute Gasteiger partial charge is 0.368 e. The van der Waals surface area contributed by atoms with Gasteiger partial charge in [0.05, 0.1) is 24.8 Å². The van der Waals surface area contributed by atoms with Crippen LogP contribution in [0.4, 0.5) is 5.82 Å². The fraction of sp³-hybridized carbons (Fsp3) is 0.310. The Morgan fingerprint density at radius 2 is 1.66 bits per heavy atom. The summed E-state index contributed by atoms with van der Waals surface area (Å²) in [4.78, 5) is 21.6. The molecule has 41 heavy (non-hydrogen) atoms. The Bertz CT molecular complexity index is 1640. The SMILES string of the molecule is Nc1nc[n+](Cc2cn(C(c3ccccc3)C(c3ccccc3)N3CCN(C4=NCCS4)CC3)nn2)c2nc[nH]c12. The van der Waals surface area contributed by atoms with E-state index in [1.54, 1.807) is 12.7 Å². The van der Waals surface area contributed by atoms with Crippen molar-refractivity contribution in [2.45, 2.75) is 18.6 Å². The molecular formula is C29H32N11S+. The molecule has 3 aromatic heterocycles. The van der Waals surface area contributed by atoms with Gasteiger partial charge in [0.25, 0.3) is 5.65 Å². The molecule has 2 atom stereocenters. The van der Waals surface area contributed by atoms with Crippen molar-refractivity contribution < 1.29 is 4.57 Å². The quantitative estimate of drug-likeness (QED) is 0.288. The number of nitrogens with one attached hydrogen (secondary N) is 1. The van der Waals surface area contributed by atoms with Crippen molar-refractivity contribution in [3.05, 3.63) is 96.3 Å². The second-order valence-corrected chi connectivity index (χ2v) is 11.4. The molecule has 11 nitrogen and oxygen atoms in total. The van der Waals surface area contributed by atoms with Crippen molar-refractivity contribution in [3.63, 3.8) is 0 Å². The van der Waals surface area contributed by atoms with Crippen LogP contribution in [0.2, 0.25) is 0 Å². The first kappa shape index (κ1) is 25.7. The summed E-state index contributed by atoms with van der Waals surface area (Å²) < 4.78 is 3.96. The Morgan fingerprint density at radius 1 is 0.927 bits per heavy atom. The fourth-order valence-electron chi connectivity index (χ4n) is 5.84. The number of rotatable bonds is 7. The molecule has 1 fully saturated rings. The highest BCUT2D eigenvalue weighted by Crippen LogP contribution is 2.37. The van der Waals surface area contributed by atoms with Gasteiger partial charge in [-0.2, -0.15) is 0 Å². The lowest BCUT2D eigenvalue weighted by Crippen LogP contribution is -2.50. The number of hydrogen-bond acceptors (Lipinski definition) is 9. The molecule has 0 saturated carbocycles. The van der Waals surface area contributed by atoms with E-state index in [-0.39, 0.29) is 12.1 Å². The third-order valence-corrected chi connectivity index (χ3v) is 8.82. The van der Waals surface area contributed by atoms with Crippen molar-refractivity contribution in [2.75, 3.05) is 44.2 Å². The zero-order chi connectivity index (χ0) is 27.6. The lowest BCUT2D eigenvalue weighted by Gasteiger charge is -2.43. The molecule has 5 aromatic rings. The van der Waals surface area contributed by atoms with Crippen LogP contribution in [0, 0.1) is 0 Å². The minimum absolute atomic E-state index is 0.0670. The van der Waals surface area contributed by atoms with Gasteiger partial charge in [-0.15, -0.1) is 5.10 Å². The second kappa shape index (κ2) is 11.3. The molecule has 0 amide bonds. The van der Waals surface area contributed by atoms with E-state index in [4.69, 9.17) is 15.9 Å². The van der Waals surface area contributed by atoms with Gasteiger partial charge in [-0.1, -0.05) is 87.6 Å². The number of nitrogens with zero attached hydrogens (tertiary/aromatic N) is 9. The van der Waals surface area contributed by atoms with E-state index in [0.29, 0.717) is 17.9 Å². The van der Waals surface area contributed by atoms with Gasteiger partial charge in [0.15, 0.2) is 17.0 Å². The highest BCUT2D eigenvalue weighted by Gasteiger charge is 2.35. The van der Waals surface area contributed by atoms with E-state index < -0.39 is 0 Å². The molecule has 3 N–H and O–H groups in total. The van der Waals surface area contributed by atoms with Crippen LogP contribution < -0.4 is 10.3 Å². The number of aromatic amines is 1. The molecule has 0 radical (unpaired) electrons. The Kier molecular flexibility index (Phi) is 7.07. The van der Waals surface area contributed by atoms with Crippen molar-refractivity contribution in [3.8, 4) is 0 Å².